The first-order valence-corrected chi connectivity index (χ1v) is 7.41. The van der Waals surface area contributed by atoms with Gasteiger partial charge in [0.05, 0.1) is 0 Å². The predicted octanol–water partition coefficient (Wildman–Crippen LogP) is 1.37. The van der Waals surface area contributed by atoms with E-state index in [0.717, 1.165) is 38.8 Å². The number of urea groups is 1. The van der Waals surface area contributed by atoms with E-state index in [4.69, 9.17) is 5.11 Å². The average Bonchev–Trinajstić information content (AvgIpc) is 2.80. The fourth-order valence-electron chi connectivity index (χ4n) is 2.59. The molecule has 1 aliphatic heterocycles. The monoisotopic (exact) mass is 285 g/mol. The molecule has 2 N–H and O–H groups in total. The predicted molar refractivity (Wildman–Crippen MR) is 77.8 cm³/mol. The van der Waals surface area contributed by atoms with E-state index in [-0.39, 0.29) is 12.5 Å². The number of hydrogen-bond acceptors (Lipinski definition) is 3. The minimum absolute atomic E-state index is 0.0209. The standard InChI is InChI=1S/C14H27N3O3/c1-16(2)11-12-7-6-10-17(12)14(20)15-9-5-3-4-8-13(18)19/h12H,3-11H2,1-2H3,(H,15,20)(H,18,19). The molecular formula is C14H27N3O3. The molecule has 20 heavy (non-hydrogen) atoms. The molecule has 0 aromatic rings. The van der Waals surface area contributed by atoms with Crippen LogP contribution in [0.5, 0.6) is 0 Å². The first kappa shape index (κ1) is 16.8. The molecule has 0 aliphatic carbocycles. The number of likely N-dealkylation sites (N-methyl/N-ethyl adjacent to an activating group) is 1. The molecule has 1 aliphatic rings. The zero-order chi connectivity index (χ0) is 15.0. The minimum atomic E-state index is -0.752. The van der Waals surface area contributed by atoms with Gasteiger partial charge in [-0.05, 0) is 39.8 Å². The third kappa shape index (κ3) is 6.23. The smallest absolute Gasteiger partial charge is 0.317 e. The Balaban J connectivity index is 2.16. The van der Waals surface area contributed by atoms with E-state index in [0.29, 0.717) is 19.0 Å². The third-order valence-corrected chi connectivity index (χ3v) is 3.56. The third-order valence-electron chi connectivity index (χ3n) is 3.56. The molecule has 0 aromatic heterocycles. The molecule has 0 spiro atoms. The Labute approximate surface area is 121 Å². The van der Waals surface area contributed by atoms with E-state index >= 15 is 0 Å². The molecule has 1 atom stereocenters. The molecule has 0 saturated carbocycles. The fourth-order valence-corrected chi connectivity index (χ4v) is 2.59. The summed E-state index contributed by atoms with van der Waals surface area (Å²) in [6, 6.07) is 0.338. The van der Waals surface area contributed by atoms with Crippen molar-refractivity contribution >= 4 is 12.0 Å². The quantitative estimate of drug-likeness (QED) is 0.661. The highest BCUT2D eigenvalue weighted by atomic mass is 16.4. The van der Waals surface area contributed by atoms with Crippen LogP contribution < -0.4 is 5.32 Å². The molecule has 1 heterocycles. The van der Waals surface area contributed by atoms with Crippen molar-refractivity contribution in [3.63, 3.8) is 0 Å². The highest BCUT2D eigenvalue weighted by molar-refractivity contribution is 5.74. The molecule has 1 fully saturated rings. The molecule has 1 unspecified atom stereocenters. The van der Waals surface area contributed by atoms with Gasteiger partial charge in [0.1, 0.15) is 0 Å². The van der Waals surface area contributed by atoms with Crippen molar-refractivity contribution in [1.82, 2.24) is 15.1 Å². The van der Waals surface area contributed by atoms with Crippen LogP contribution in [0.4, 0.5) is 4.79 Å². The summed E-state index contributed by atoms with van der Waals surface area (Å²) in [5.74, 6) is -0.752. The number of carbonyl (C=O) groups excluding carboxylic acids is 1. The number of nitrogens with zero attached hydrogens (tertiary/aromatic N) is 2. The average molecular weight is 285 g/mol. The van der Waals surface area contributed by atoms with Gasteiger partial charge in [-0.2, -0.15) is 0 Å². The van der Waals surface area contributed by atoms with Crippen molar-refractivity contribution in [2.24, 2.45) is 0 Å². The van der Waals surface area contributed by atoms with Gasteiger partial charge in [-0.25, -0.2) is 4.79 Å². The fraction of sp³-hybridized carbons (Fsp3) is 0.857. The van der Waals surface area contributed by atoms with E-state index in [9.17, 15) is 9.59 Å². The number of hydrogen-bond donors (Lipinski definition) is 2. The molecule has 116 valence electrons. The number of carboxylic acid groups (broad SMARTS) is 1. The van der Waals surface area contributed by atoms with Gasteiger partial charge in [0.15, 0.2) is 0 Å². The van der Waals surface area contributed by atoms with Gasteiger partial charge >= 0.3 is 12.0 Å². The van der Waals surface area contributed by atoms with Gasteiger partial charge in [-0.1, -0.05) is 6.42 Å². The van der Waals surface area contributed by atoms with Crippen LogP contribution in [0.3, 0.4) is 0 Å². The van der Waals surface area contributed by atoms with Gasteiger partial charge in [0.25, 0.3) is 0 Å². The number of nitrogens with one attached hydrogen (secondary N) is 1. The molecule has 6 nitrogen and oxygen atoms in total. The van der Waals surface area contributed by atoms with Crippen molar-refractivity contribution in [3.05, 3.63) is 0 Å². The lowest BCUT2D eigenvalue weighted by atomic mass is 10.2. The maximum atomic E-state index is 12.1. The summed E-state index contributed by atoms with van der Waals surface area (Å²) >= 11 is 0. The Morgan fingerprint density at radius 2 is 2.05 bits per heavy atom. The van der Waals surface area contributed by atoms with Crippen LogP contribution in [0.15, 0.2) is 0 Å². The number of likely N-dealkylation sites (tertiary alicyclic amines) is 1. The first-order chi connectivity index (χ1) is 9.50. The maximum Gasteiger partial charge on any atom is 0.317 e. The number of carbonyl (C=O) groups is 2. The zero-order valence-corrected chi connectivity index (χ0v) is 12.6. The Kier molecular flexibility index (Phi) is 7.36. The number of aliphatic carboxylic acids is 1. The molecule has 1 saturated heterocycles. The molecule has 0 bridgehead atoms. The van der Waals surface area contributed by atoms with E-state index in [1.807, 2.05) is 19.0 Å². The lowest BCUT2D eigenvalue weighted by molar-refractivity contribution is -0.137. The molecule has 2 amide bonds. The van der Waals surface area contributed by atoms with Gasteiger partial charge in [0, 0.05) is 32.1 Å². The van der Waals surface area contributed by atoms with E-state index in [2.05, 4.69) is 10.2 Å². The largest absolute Gasteiger partial charge is 0.481 e. The summed E-state index contributed by atoms with van der Waals surface area (Å²) < 4.78 is 0. The van der Waals surface area contributed by atoms with E-state index < -0.39 is 5.97 Å². The normalized spacial score (nSPS) is 18.6. The number of rotatable bonds is 8. The van der Waals surface area contributed by atoms with Gasteiger partial charge < -0.3 is 20.2 Å². The Hall–Kier alpha value is -1.30. The number of unbranched alkanes of at least 4 members (excludes halogenated alkanes) is 2. The first-order valence-electron chi connectivity index (χ1n) is 7.41. The molecule has 1 rings (SSSR count). The maximum absolute atomic E-state index is 12.1. The Morgan fingerprint density at radius 3 is 2.70 bits per heavy atom. The van der Waals surface area contributed by atoms with Gasteiger partial charge in [-0.15, -0.1) is 0 Å². The van der Waals surface area contributed by atoms with E-state index in [1.54, 1.807) is 0 Å². The number of amides is 2. The SMILES string of the molecule is CN(C)CC1CCCN1C(=O)NCCCCCC(=O)O. The van der Waals surface area contributed by atoms with Crippen LogP contribution in [0.25, 0.3) is 0 Å². The second kappa shape index (κ2) is 8.79. The van der Waals surface area contributed by atoms with Crippen molar-refractivity contribution in [2.45, 2.75) is 44.6 Å². The van der Waals surface area contributed by atoms with Crippen LogP contribution in [-0.2, 0) is 4.79 Å². The van der Waals surface area contributed by atoms with Crippen molar-refractivity contribution in [2.75, 3.05) is 33.7 Å². The van der Waals surface area contributed by atoms with Gasteiger partial charge in [-0.3, -0.25) is 4.79 Å². The van der Waals surface area contributed by atoms with Gasteiger partial charge in [0.2, 0.25) is 0 Å². The summed E-state index contributed by atoms with van der Waals surface area (Å²) in [7, 11) is 4.05. The summed E-state index contributed by atoms with van der Waals surface area (Å²) in [6.45, 7) is 2.37. The minimum Gasteiger partial charge on any atom is -0.481 e. The van der Waals surface area contributed by atoms with Crippen molar-refractivity contribution < 1.29 is 14.7 Å². The lowest BCUT2D eigenvalue weighted by Gasteiger charge is -2.27. The summed E-state index contributed by atoms with van der Waals surface area (Å²) in [5, 5.41) is 11.5. The second-order valence-corrected chi connectivity index (χ2v) is 5.69. The van der Waals surface area contributed by atoms with Crippen LogP contribution >= 0.6 is 0 Å². The molecule has 0 aromatic carbocycles. The molecule has 0 radical (unpaired) electrons. The molecule has 6 heteroatoms. The lowest BCUT2D eigenvalue weighted by Crippen LogP contribution is -2.46. The summed E-state index contributed by atoms with van der Waals surface area (Å²) in [5.41, 5.74) is 0. The Morgan fingerprint density at radius 1 is 1.30 bits per heavy atom. The summed E-state index contributed by atoms with van der Waals surface area (Å²) in [6.07, 6.45) is 4.72. The van der Waals surface area contributed by atoms with Crippen LogP contribution in [0.2, 0.25) is 0 Å². The van der Waals surface area contributed by atoms with Crippen LogP contribution in [0, 0.1) is 0 Å². The molecular weight excluding hydrogens is 258 g/mol. The van der Waals surface area contributed by atoms with Crippen LogP contribution in [0.1, 0.15) is 38.5 Å². The topological polar surface area (TPSA) is 72.9 Å². The second-order valence-electron chi connectivity index (χ2n) is 5.69. The van der Waals surface area contributed by atoms with Crippen LogP contribution in [-0.4, -0.2) is 66.7 Å². The van der Waals surface area contributed by atoms with E-state index in [1.165, 1.54) is 0 Å². The van der Waals surface area contributed by atoms with Crippen molar-refractivity contribution in [3.8, 4) is 0 Å². The highest BCUT2D eigenvalue weighted by Gasteiger charge is 2.28. The zero-order valence-electron chi connectivity index (χ0n) is 12.6. The number of carboxylic acids is 1. The highest BCUT2D eigenvalue weighted by Crippen LogP contribution is 2.17. The summed E-state index contributed by atoms with van der Waals surface area (Å²) in [4.78, 5) is 26.5. The Bertz CT molecular complexity index is 321. The van der Waals surface area contributed by atoms with Crippen molar-refractivity contribution in [1.29, 1.82) is 0 Å².